The van der Waals surface area contributed by atoms with Gasteiger partial charge in [0, 0.05) is 6.61 Å². The van der Waals surface area contributed by atoms with Crippen molar-refractivity contribution in [1.29, 1.82) is 0 Å². The molecule has 88 valence electrons. The van der Waals surface area contributed by atoms with Crippen LogP contribution >= 0.6 is 0 Å². The van der Waals surface area contributed by atoms with Crippen LogP contribution in [0.15, 0.2) is 0 Å². The summed E-state index contributed by atoms with van der Waals surface area (Å²) in [6, 6.07) is 0. The molecule has 0 aromatic heterocycles. The summed E-state index contributed by atoms with van der Waals surface area (Å²) in [5.74, 6) is 0. The molecule has 0 unspecified atom stereocenters. The highest BCUT2D eigenvalue weighted by Crippen LogP contribution is 2.22. The summed E-state index contributed by atoms with van der Waals surface area (Å²) in [4.78, 5) is 0. The molecule has 2 aliphatic rings. The van der Waals surface area contributed by atoms with Gasteiger partial charge in [0.1, 0.15) is 6.10 Å². The van der Waals surface area contributed by atoms with Crippen molar-refractivity contribution >= 4 is 0 Å². The van der Waals surface area contributed by atoms with E-state index in [9.17, 15) is 5.11 Å². The SMILES string of the molecule is C[C@@H]1CCC[C@H](O[C@@H]2COCC[C@H]2O)O1. The molecule has 4 atom stereocenters. The van der Waals surface area contributed by atoms with Crippen LogP contribution in [0.4, 0.5) is 0 Å². The maximum Gasteiger partial charge on any atom is 0.158 e. The second kappa shape index (κ2) is 5.25. The van der Waals surface area contributed by atoms with Crippen LogP contribution in [-0.4, -0.2) is 42.9 Å². The molecule has 0 aromatic rings. The molecule has 0 saturated carbocycles. The summed E-state index contributed by atoms with van der Waals surface area (Å²) >= 11 is 0. The molecule has 2 rings (SSSR count). The van der Waals surface area contributed by atoms with Crippen LogP contribution in [0.5, 0.6) is 0 Å². The van der Waals surface area contributed by atoms with Gasteiger partial charge >= 0.3 is 0 Å². The molecular formula is C11H20O4. The molecule has 0 aromatic carbocycles. The van der Waals surface area contributed by atoms with Crippen LogP contribution in [0, 0.1) is 0 Å². The molecule has 2 heterocycles. The fourth-order valence-corrected chi connectivity index (χ4v) is 2.09. The number of ether oxygens (including phenoxy) is 3. The van der Waals surface area contributed by atoms with E-state index >= 15 is 0 Å². The van der Waals surface area contributed by atoms with Crippen LogP contribution in [0.25, 0.3) is 0 Å². The van der Waals surface area contributed by atoms with E-state index in [0.717, 1.165) is 19.3 Å². The molecule has 2 fully saturated rings. The Morgan fingerprint density at radius 1 is 1.27 bits per heavy atom. The Morgan fingerprint density at radius 2 is 2.13 bits per heavy atom. The van der Waals surface area contributed by atoms with Crippen molar-refractivity contribution in [2.75, 3.05) is 13.2 Å². The van der Waals surface area contributed by atoms with Gasteiger partial charge in [0.05, 0.1) is 18.8 Å². The number of hydrogen-bond acceptors (Lipinski definition) is 4. The lowest BCUT2D eigenvalue weighted by Crippen LogP contribution is -2.43. The maximum absolute atomic E-state index is 9.70. The zero-order chi connectivity index (χ0) is 10.7. The molecule has 0 bridgehead atoms. The fraction of sp³-hybridized carbons (Fsp3) is 1.00. The van der Waals surface area contributed by atoms with E-state index in [4.69, 9.17) is 14.2 Å². The minimum absolute atomic E-state index is 0.157. The highest BCUT2D eigenvalue weighted by atomic mass is 16.7. The Hall–Kier alpha value is -0.160. The van der Waals surface area contributed by atoms with Crippen LogP contribution in [0.2, 0.25) is 0 Å². The minimum atomic E-state index is -0.403. The first-order chi connectivity index (χ1) is 7.25. The van der Waals surface area contributed by atoms with Gasteiger partial charge in [0.2, 0.25) is 0 Å². The molecule has 0 spiro atoms. The molecular weight excluding hydrogens is 196 g/mol. The van der Waals surface area contributed by atoms with Crippen molar-refractivity contribution in [3.63, 3.8) is 0 Å². The van der Waals surface area contributed by atoms with Crippen LogP contribution < -0.4 is 0 Å². The van der Waals surface area contributed by atoms with E-state index < -0.39 is 6.10 Å². The number of aliphatic hydroxyl groups is 1. The first-order valence-electron chi connectivity index (χ1n) is 5.82. The molecule has 0 radical (unpaired) electrons. The van der Waals surface area contributed by atoms with Crippen LogP contribution in [0.3, 0.4) is 0 Å². The Morgan fingerprint density at radius 3 is 2.87 bits per heavy atom. The zero-order valence-electron chi connectivity index (χ0n) is 9.22. The van der Waals surface area contributed by atoms with E-state index in [-0.39, 0.29) is 18.5 Å². The normalized spacial score (nSPS) is 42.8. The Balaban J connectivity index is 1.79. The quantitative estimate of drug-likeness (QED) is 0.750. The van der Waals surface area contributed by atoms with Crippen molar-refractivity contribution in [3.8, 4) is 0 Å². The molecule has 0 amide bonds. The van der Waals surface area contributed by atoms with Crippen molar-refractivity contribution in [2.45, 2.75) is 57.2 Å². The summed E-state index contributed by atoms with van der Waals surface area (Å²) in [6.07, 6.45) is 3.31. The van der Waals surface area contributed by atoms with E-state index in [0.29, 0.717) is 19.6 Å². The fourth-order valence-electron chi connectivity index (χ4n) is 2.09. The molecule has 4 heteroatoms. The van der Waals surface area contributed by atoms with Gasteiger partial charge in [-0.25, -0.2) is 0 Å². The third-order valence-electron chi connectivity index (χ3n) is 3.03. The van der Waals surface area contributed by atoms with E-state index in [2.05, 4.69) is 6.92 Å². The van der Waals surface area contributed by atoms with Gasteiger partial charge in [-0.05, 0) is 32.6 Å². The van der Waals surface area contributed by atoms with Crippen molar-refractivity contribution < 1.29 is 19.3 Å². The van der Waals surface area contributed by atoms with E-state index in [1.165, 1.54) is 0 Å². The highest BCUT2D eigenvalue weighted by molar-refractivity contribution is 4.74. The average Bonchev–Trinajstić information content (AvgIpc) is 2.22. The second-order valence-electron chi connectivity index (χ2n) is 4.41. The molecule has 4 nitrogen and oxygen atoms in total. The van der Waals surface area contributed by atoms with E-state index in [1.54, 1.807) is 0 Å². The predicted molar refractivity (Wildman–Crippen MR) is 54.5 cm³/mol. The predicted octanol–water partition coefficient (Wildman–Crippen LogP) is 1.07. The smallest absolute Gasteiger partial charge is 0.158 e. The van der Waals surface area contributed by atoms with Crippen molar-refractivity contribution in [3.05, 3.63) is 0 Å². The summed E-state index contributed by atoms with van der Waals surface area (Å²) in [7, 11) is 0. The first-order valence-corrected chi connectivity index (χ1v) is 5.82. The van der Waals surface area contributed by atoms with Gasteiger partial charge in [0.25, 0.3) is 0 Å². The molecule has 15 heavy (non-hydrogen) atoms. The third kappa shape index (κ3) is 3.14. The van der Waals surface area contributed by atoms with Crippen LogP contribution in [0.1, 0.15) is 32.6 Å². The highest BCUT2D eigenvalue weighted by Gasteiger charge is 2.29. The standard InChI is InChI=1S/C11H20O4/c1-8-3-2-4-11(14-8)15-10-7-13-6-5-9(10)12/h8-12H,2-7H2,1H3/t8-,9-,10-,11+/m1/s1. The van der Waals surface area contributed by atoms with Gasteiger partial charge in [-0.15, -0.1) is 0 Å². The van der Waals surface area contributed by atoms with Gasteiger partial charge in [-0.2, -0.15) is 0 Å². The Labute approximate surface area is 90.5 Å². The average molecular weight is 216 g/mol. The number of rotatable bonds is 2. The summed E-state index contributed by atoms with van der Waals surface area (Å²) in [6.45, 7) is 3.17. The Bertz CT molecular complexity index is 197. The molecule has 2 aliphatic heterocycles. The first kappa shape index (κ1) is 11.3. The molecule has 0 aliphatic carbocycles. The maximum atomic E-state index is 9.70. The number of aliphatic hydroxyl groups excluding tert-OH is 1. The lowest BCUT2D eigenvalue weighted by Gasteiger charge is -2.34. The van der Waals surface area contributed by atoms with Crippen LogP contribution in [-0.2, 0) is 14.2 Å². The van der Waals surface area contributed by atoms with Gasteiger partial charge < -0.3 is 19.3 Å². The lowest BCUT2D eigenvalue weighted by atomic mass is 10.1. The van der Waals surface area contributed by atoms with Crippen molar-refractivity contribution in [2.24, 2.45) is 0 Å². The minimum Gasteiger partial charge on any atom is -0.390 e. The summed E-state index contributed by atoms with van der Waals surface area (Å²) in [5.41, 5.74) is 0. The molecule has 2 saturated heterocycles. The monoisotopic (exact) mass is 216 g/mol. The third-order valence-corrected chi connectivity index (χ3v) is 3.03. The lowest BCUT2D eigenvalue weighted by molar-refractivity contribution is -0.243. The largest absolute Gasteiger partial charge is 0.390 e. The molecule has 1 N–H and O–H groups in total. The topological polar surface area (TPSA) is 47.9 Å². The summed E-state index contributed by atoms with van der Waals surface area (Å²) in [5, 5.41) is 9.70. The van der Waals surface area contributed by atoms with Crippen molar-refractivity contribution in [1.82, 2.24) is 0 Å². The van der Waals surface area contributed by atoms with Gasteiger partial charge in [-0.3, -0.25) is 0 Å². The second-order valence-corrected chi connectivity index (χ2v) is 4.41. The number of hydrogen-bond donors (Lipinski definition) is 1. The summed E-state index contributed by atoms with van der Waals surface area (Å²) < 4.78 is 16.6. The zero-order valence-corrected chi connectivity index (χ0v) is 9.22. The van der Waals surface area contributed by atoms with Gasteiger partial charge in [-0.1, -0.05) is 0 Å². The Kier molecular flexibility index (Phi) is 3.97. The van der Waals surface area contributed by atoms with Gasteiger partial charge in [0.15, 0.2) is 6.29 Å². The van der Waals surface area contributed by atoms with E-state index in [1.807, 2.05) is 0 Å².